The van der Waals surface area contributed by atoms with Crippen LogP contribution in [0.4, 0.5) is 0 Å². The second-order valence-electron chi connectivity index (χ2n) is 16.0. The number of allylic oxidation sites excluding steroid dienone is 8. The minimum Gasteiger partial charge on any atom is -0.462 e. The molecule has 0 aliphatic rings. The summed E-state index contributed by atoms with van der Waals surface area (Å²) in [5.74, 6) is -0.420. The van der Waals surface area contributed by atoms with Gasteiger partial charge in [0.15, 0.2) is 6.10 Å². The molecule has 0 heterocycles. The summed E-state index contributed by atoms with van der Waals surface area (Å²) in [5.41, 5.74) is 0. The number of unbranched alkanes of at least 4 members (excludes halogenated alkanes) is 25. The Morgan fingerprint density at radius 3 is 1.32 bits per heavy atom. The van der Waals surface area contributed by atoms with Crippen LogP contribution >= 0.6 is 0 Å². The van der Waals surface area contributed by atoms with E-state index in [4.69, 9.17) is 14.2 Å². The zero-order valence-corrected chi connectivity index (χ0v) is 37.4. The first kappa shape index (κ1) is 53.9. The lowest BCUT2D eigenvalue weighted by atomic mass is 10.1. The molecule has 0 saturated carbocycles. The molecule has 1 atom stereocenters. The number of ether oxygens (including phenoxy) is 3. The van der Waals surface area contributed by atoms with E-state index in [1.165, 1.54) is 122 Å². The molecule has 0 aromatic rings. The van der Waals surface area contributed by atoms with Gasteiger partial charge in [-0.2, -0.15) is 0 Å². The quantitative estimate of drug-likeness (QED) is 0.0350. The minimum atomic E-state index is -0.543. The fraction of sp³-hybridized carbons (Fsp3) is 0.804. The largest absolute Gasteiger partial charge is 0.462 e. The van der Waals surface area contributed by atoms with Crippen molar-refractivity contribution in [2.45, 2.75) is 245 Å². The first-order valence-electron chi connectivity index (χ1n) is 24.2. The lowest BCUT2D eigenvalue weighted by molar-refractivity contribution is -0.163. The van der Waals surface area contributed by atoms with Gasteiger partial charge < -0.3 is 14.2 Å². The normalized spacial score (nSPS) is 12.6. The van der Waals surface area contributed by atoms with Gasteiger partial charge in [0.1, 0.15) is 6.61 Å². The molecule has 0 fully saturated rings. The molecule has 0 aromatic carbocycles. The molecular formula is C51H92O5. The molecule has 0 aromatic heterocycles. The molecule has 5 nitrogen and oxygen atoms in total. The summed E-state index contributed by atoms with van der Waals surface area (Å²) in [6, 6.07) is 0. The molecule has 0 saturated heterocycles. The van der Waals surface area contributed by atoms with Crippen molar-refractivity contribution in [3.63, 3.8) is 0 Å². The molecule has 0 aliphatic heterocycles. The van der Waals surface area contributed by atoms with E-state index in [1.807, 2.05) is 0 Å². The van der Waals surface area contributed by atoms with Crippen LogP contribution in [-0.2, 0) is 23.8 Å². The van der Waals surface area contributed by atoms with Crippen LogP contribution in [0.25, 0.3) is 0 Å². The lowest BCUT2D eigenvalue weighted by Crippen LogP contribution is -2.30. The summed E-state index contributed by atoms with van der Waals surface area (Å²) in [7, 11) is 0. The summed E-state index contributed by atoms with van der Waals surface area (Å²) in [6.45, 7) is 7.70. The van der Waals surface area contributed by atoms with Gasteiger partial charge in [0.2, 0.25) is 0 Å². The predicted molar refractivity (Wildman–Crippen MR) is 242 cm³/mol. The average molecular weight is 785 g/mol. The van der Waals surface area contributed by atoms with Crippen molar-refractivity contribution in [1.29, 1.82) is 0 Å². The molecule has 0 bridgehead atoms. The van der Waals surface area contributed by atoms with Crippen molar-refractivity contribution >= 4 is 11.9 Å². The van der Waals surface area contributed by atoms with Crippen molar-refractivity contribution in [1.82, 2.24) is 0 Å². The van der Waals surface area contributed by atoms with Crippen molar-refractivity contribution in [2.75, 3.05) is 19.8 Å². The number of carbonyl (C=O) groups is 2. The number of esters is 2. The highest BCUT2D eigenvalue weighted by molar-refractivity contribution is 5.70. The number of rotatable bonds is 44. The van der Waals surface area contributed by atoms with Crippen LogP contribution in [0.15, 0.2) is 48.6 Å². The van der Waals surface area contributed by atoms with Gasteiger partial charge in [-0.15, -0.1) is 0 Å². The Bertz CT molecular complexity index is 935. The first-order valence-corrected chi connectivity index (χ1v) is 24.2. The van der Waals surface area contributed by atoms with E-state index in [1.54, 1.807) is 0 Å². The monoisotopic (exact) mass is 785 g/mol. The smallest absolute Gasteiger partial charge is 0.306 e. The zero-order valence-electron chi connectivity index (χ0n) is 37.4. The van der Waals surface area contributed by atoms with Gasteiger partial charge in [0.05, 0.1) is 6.61 Å². The summed E-state index contributed by atoms with van der Waals surface area (Å²) in [4.78, 5) is 25.3. The Morgan fingerprint density at radius 1 is 0.411 bits per heavy atom. The third-order valence-electron chi connectivity index (χ3n) is 10.3. The molecule has 0 spiro atoms. The van der Waals surface area contributed by atoms with E-state index in [2.05, 4.69) is 69.4 Å². The fourth-order valence-corrected chi connectivity index (χ4v) is 6.75. The highest BCUT2D eigenvalue weighted by Gasteiger charge is 2.17. The van der Waals surface area contributed by atoms with E-state index < -0.39 is 6.10 Å². The molecule has 0 aliphatic carbocycles. The van der Waals surface area contributed by atoms with Crippen molar-refractivity contribution in [2.24, 2.45) is 0 Å². The third-order valence-corrected chi connectivity index (χ3v) is 10.3. The van der Waals surface area contributed by atoms with Gasteiger partial charge in [0.25, 0.3) is 0 Å². The molecule has 0 rings (SSSR count). The van der Waals surface area contributed by atoms with Crippen LogP contribution in [0.3, 0.4) is 0 Å². The number of carbonyl (C=O) groups excluding carboxylic acids is 2. The Balaban J connectivity index is 4.28. The molecule has 1 unspecified atom stereocenters. The second kappa shape index (κ2) is 47.2. The Labute approximate surface area is 348 Å². The van der Waals surface area contributed by atoms with Crippen molar-refractivity contribution in [3.05, 3.63) is 48.6 Å². The number of hydrogen-bond donors (Lipinski definition) is 0. The average Bonchev–Trinajstić information content (AvgIpc) is 3.20. The summed E-state index contributed by atoms with van der Waals surface area (Å²) < 4.78 is 17.3. The Hall–Kier alpha value is -2.14. The molecule has 56 heavy (non-hydrogen) atoms. The van der Waals surface area contributed by atoms with Crippen molar-refractivity contribution in [3.8, 4) is 0 Å². The Morgan fingerprint density at radius 2 is 0.804 bits per heavy atom. The zero-order chi connectivity index (χ0) is 40.7. The molecule has 326 valence electrons. The van der Waals surface area contributed by atoms with Crippen molar-refractivity contribution < 1.29 is 23.8 Å². The predicted octanol–water partition coefficient (Wildman–Crippen LogP) is 16.0. The maximum absolute atomic E-state index is 12.7. The maximum atomic E-state index is 12.7. The fourth-order valence-electron chi connectivity index (χ4n) is 6.75. The highest BCUT2D eigenvalue weighted by Crippen LogP contribution is 2.14. The first-order chi connectivity index (χ1) is 27.6. The summed E-state index contributed by atoms with van der Waals surface area (Å²) >= 11 is 0. The van der Waals surface area contributed by atoms with Gasteiger partial charge in [-0.05, 0) is 77.0 Å². The van der Waals surface area contributed by atoms with Crippen LogP contribution in [0, 0.1) is 0 Å². The van der Waals surface area contributed by atoms with Gasteiger partial charge in [-0.25, -0.2) is 0 Å². The van der Waals surface area contributed by atoms with E-state index in [9.17, 15) is 9.59 Å². The second-order valence-corrected chi connectivity index (χ2v) is 16.0. The molecule has 0 amide bonds. The summed E-state index contributed by atoms with van der Waals surface area (Å²) in [5, 5.41) is 0. The Kier molecular flexibility index (Phi) is 45.4. The van der Waals surface area contributed by atoms with E-state index in [0.29, 0.717) is 19.4 Å². The van der Waals surface area contributed by atoms with Crippen LogP contribution in [-0.4, -0.2) is 37.9 Å². The lowest BCUT2D eigenvalue weighted by Gasteiger charge is -2.18. The van der Waals surface area contributed by atoms with E-state index >= 15 is 0 Å². The van der Waals surface area contributed by atoms with Gasteiger partial charge in [-0.1, -0.05) is 198 Å². The molecule has 0 N–H and O–H groups in total. The third kappa shape index (κ3) is 44.6. The van der Waals surface area contributed by atoms with E-state index in [0.717, 1.165) is 83.5 Å². The van der Waals surface area contributed by atoms with Gasteiger partial charge in [0, 0.05) is 19.4 Å². The number of hydrogen-bond acceptors (Lipinski definition) is 5. The van der Waals surface area contributed by atoms with Crippen LogP contribution in [0.1, 0.15) is 239 Å². The standard InChI is InChI=1S/C51H92O5/c1-4-7-10-13-16-19-22-25-26-28-29-32-35-38-41-44-50(52)55-48-49(47-54-46-43-40-37-34-31-24-21-18-15-12-9-6-3)56-51(53)45-42-39-36-33-30-27-23-20-17-14-11-8-5-2/h7,10,16,19-20,23,25-26,49H,4-6,8-9,11-15,17-18,21-22,24,27-48H2,1-3H3/b10-7-,19-16-,23-20-,26-25-. The highest BCUT2D eigenvalue weighted by atomic mass is 16.6. The van der Waals surface area contributed by atoms with Gasteiger partial charge >= 0.3 is 11.9 Å². The van der Waals surface area contributed by atoms with Crippen LogP contribution in [0.2, 0.25) is 0 Å². The maximum Gasteiger partial charge on any atom is 0.306 e. The van der Waals surface area contributed by atoms with Gasteiger partial charge in [-0.3, -0.25) is 9.59 Å². The molecular weight excluding hydrogens is 693 g/mol. The topological polar surface area (TPSA) is 61.8 Å². The van der Waals surface area contributed by atoms with Crippen LogP contribution < -0.4 is 0 Å². The molecule has 0 radical (unpaired) electrons. The van der Waals surface area contributed by atoms with Crippen LogP contribution in [0.5, 0.6) is 0 Å². The SMILES string of the molecule is CC/C=C\C/C=C\C/C=C\CCCCCCCC(=O)OCC(COCCCCCCCCCCCCCC)OC(=O)CCCCCCC/C=C\CCCCCC. The molecule has 5 heteroatoms. The van der Waals surface area contributed by atoms with E-state index in [-0.39, 0.29) is 25.2 Å². The summed E-state index contributed by atoms with van der Waals surface area (Å²) in [6.07, 6.45) is 56.8. The minimum absolute atomic E-state index is 0.0755.